The van der Waals surface area contributed by atoms with Gasteiger partial charge in [-0.05, 0) is 36.0 Å². The Morgan fingerprint density at radius 3 is 2.69 bits per heavy atom. The van der Waals surface area contributed by atoms with E-state index in [-0.39, 0.29) is 11.5 Å². The maximum Gasteiger partial charge on any atom is 0.123 e. The molecule has 2 rings (SSSR count). The van der Waals surface area contributed by atoms with Gasteiger partial charge >= 0.3 is 0 Å². The molecule has 0 radical (unpaired) electrons. The fourth-order valence-electron chi connectivity index (χ4n) is 2.75. The van der Waals surface area contributed by atoms with Crippen molar-refractivity contribution in [1.29, 1.82) is 0 Å². The summed E-state index contributed by atoms with van der Waals surface area (Å²) >= 11 is 3.65. The molecule has 1 aromatic rings. The largest absolute Gasteiger partial charge is 0.496 e. The molecule has 0 heterocycles. The second kappa shape index (κ2) is 3.74. The van der Waals surface area contributed by atoms with E-state index in [1.165, 1.54) is 16.7 Å². The molecule has 88 valence electrons. The number of halogens is 1. The van der Waals surface area contributed by atoms with Gasteiger partial charge in [0.1, 0.15) is 5.75 Å². The molecule has 0 saturated carbocycles. The first-order valence-electron chi connectivity index (χ1n) is 5.51. The van der Waals surface area contributed by atoms with Gasteiger partial charge in [0.2, 0.25) is 0 Å². The number of nitrogens with two attached hydrogens (primary N) is 1. The Bertz CT molecular complexity index is 440. The Balaban J connectivity index is 2.77. The van der Waals surface area contributed by atoms with Crippen LogP contribution < -0.4 is 10.5 Å². The van der Waals surface area contributed by atoms with Crippen LogP contribution in [0.1, 0.15) is 43.0 Å². The summed E-state index contributed by atoms with van der Waals surface area (Å²) in [6, 6.07) is 2.19. The number of hydrogen-bond donors (Lipinski definition) is 1. The molecule has 0 saturated heterocycles. The number of rotatable bonds is 1. The molecule has 0 aromatic heterocycles. The van der Waals surface area contributed by atoms with Gasteiger partial charge in [-0.25, -0.2) is 0 Å². The van der Waals surface area contributed by atoms with E-state index >= 15 is 0 Å². The maximum absolute atomic E-state index is 6.23. The van der Waals surface area contributed by atoms with Gasteiger partial charge in [-0.2, -0.15) is 0 Å². The zero-order valence-electron chi connectivity index (χ0n) is 10.2. The second-order valence-electron chi connectivity index (χ2n) is 5.19. The monoisotopic (exact) mass is 283 g/mol. The third kappa shape index (κ3) is 1.57. The van der Waals surface area contributed by atoms with Gasteiger partial charge in [-0.15, -0.1) is 0 Å². The Kier molecular flexibility index (Phi) is 2.79. The van der Waals surface area contributed by atoms with E-state index in [1.54, 1.807) is 7.11 Å². The van der Waals surface area contributed by atoms with E-state index in [0.29, 0.717) is 0 Å². The van der Waals surface area contributed by atoms with Crippen LogP contribution in [0.2, 0.25) is 0 Å². The number of benzene rings is 1. The highest BCUT2D eigenvalue weighted by Gasteiger charge is 2.39. The summed E-state index contributed by atoms with van der Waals surface area (Å²) in [5.74, 6) is 0.966. The van der Waals surface area contributed by atoms with E-state index in [9.17, 15) is 0 Å². The first-order valence-corrected chi connectivity index (χ1v) is 6.31. The van der Waals surface area contributed by atoms with Crippen molar-refractivity contribution in [3.8, 4) is 5.75 Å². The first kappa shape index (κ1) is 11.9. The van der Waals surface area contributed by atoms with Crippen molar-refractivity contribution < 1.29 is 4.74 Å². The molecule has 0 unspecified atom stereocenters. The minimum absolute atomic E-state index is 0.0936. The second-order valence-corrected chi connectivity index (χ2v) is 5.99. The molecule has 1 aliphatic rings. The van der Waals surface area contributed by atoms with E-state index < -0.39 is 0 Å². The molecule has 1 atom stereocenters. The summed E-state index contributed by atoms with van der Waals surface area (Å²) in [7, 11) is 1.73. The fraction of sp³-hybridized carbons (Fsp3) is 0.538. The van der Waals surface area contributed by atoms with Crippen molar-refractivity contribution in [3.05, 3.63) is 27.2 Å². The third-order valence-electron chi connectivity index (χ3n) is 3.44. The summed E-state index contributed by atoms with van der Waals surface area (Å²) in [6.07, 6.45) is 0.973. The normalized spacial score (nSPS) is 22.0. The lowest BCUT2D eigenvalue weighted by Gasteiger charge is -2.22. The molecule has 2 N–H and O–H groups in total. The molecule has 1 aromatic carbocycles. The van der Waals surface area contributed by atoms with Crippen LogP contribution in [-0.2, 0) is 5.41 Å². The number of aryl methyl sites for hydroxylation is 1. The lowest BCUT2D eigenvalue weighted by Crippen LogP contribution is -2.15. The summed E-state index contributed by atoms with van der Waals surface area (Å²) in [6.45, 7) is 6.52. The molecule has 0 amide bonds. The van der Waals surface area contributed by atoms with Gasteiger partial charge in [0.15, 0.2) is 0 Å². The first-order chi connectivity index (χ1) is 7.38. The van der Waals surface area contributed by atoms with Crippen LogP contribution in [0.4, 0.5) is 0 Å². The number of fused-ring (bicyclic) bond motifs is 1. The predicted octanol–water partition coefficient (Wildman–Crippen LogP) is 3.45. The maximum atomic E-state index is 6.23. The van der Waals surface area contributed by atoms with Crippen molar-refractivity contribution in [1.82, 2.24) is 0 Å². The van der Waals surface area contributed by atoms with Crippen molar-refractivity contribution in [2.75, 3.05) is 7.11 Å². The minimum Gasteiger partial charge on any atom is -0.496 e. The third-order valence-corrected chi connectivity index (χ3v) is 4.50. The highest BCUT2D eigenvalue weighted by Crippen LogP contribution is 2.51. The number of methoxy groups -OCH3 is 1. The summed E-state index contributed by atoms with van der Waals surface area (Å²) < 4.78 is 6.64. The van der Waals surface area contributed by atoms with Crippen LogP contribution in [-0.4, -0.2) is 7.11 Å². The molecule has 0 aliphatic heterocycles. The van der Waals surface area contributed by atoms with Gasteiger partial charge in [0.05, 0.1) is 7.11 Å². The smallest absolute Gasteiger partial charge is 0.123 e. The van der Waals surface area contributed by atoms with E-state index in [4.69, 9.17) is 10.5 Å². The van der Waals surface area contributed by atoms with Crippen LogP contribution in [0.15, 0.2) is 10.5 Å². The zero-order chi connectivity index (χ0) is 12.1. The summed E-state index contributed by atoms with van der Waals surface area (Å²) in [4.78, 5) is 0. The molecule has 2 nitrogen and oxygen atoms in total. The lowest BCUT2D eigenvalue weighted by molar-refractivity contribution is 0.392. The van der Waals surface area contributed by atoms with Crippen LogP contribution in [0.5, 0.6) is 5.75 Å². The average Bonchev–Trinajstić information content (AvgIpc) is 2.43. The Hall–Kier alpha value is -0.540. The topological polar surface area (TPSA) is 35.2 Å². The van der Waals surface area contributed by atoms with Gasteiger partial charge in [0.25, 0.3) is 0 Å². The van der Waals surface area contributed by atoms with Gasteiger partial charge in [0, 0.05) is 16.1 Å². The van der Waals surface area contributed by atoms with Crippen LogP contribution >= 0.6 is 15.9 Å². The Morgan fingerprint density at radius 2 is 2.12 bits per heavy atom. The molecule has 0 bridgehead atoms. The molecular formula is C13H18BrNO. The van der Waals surface area contributed by atoms with Crippen molar-refractivity contribution in [3.63, 3.8) is 0 Å². The van der Waals surface area contributed by atoms with E-state index in [1.807, 2.05) is 0 Å². The Morgan fingerprint density at radius 1 is 1.50 bits per heavy atom. The molecular weight excluding hydrogens is 266 g/mol. The van der Waals surface area contributed by atoms with Crippen molar-refractivity contribution in [2.24, 2.45) is 5.73 Å². The lowest BCUT2D eigenvalue weighted by atomic mass is 9.85. The zero-order valence-corrected chi connectivity index (χ0v) is 11.8. The molecule has 0 fully saturated rings. The summed E-state index contributed by atoms with van der Waals surface area (Å²) in [5, 5.41) is 0. The van der Waals surface area contributed by atoms with Gasteiger partial charge in [-0.3, -0.25) is 0 Å². The quantitative estimate of drug-likeness (QED) is 0.857. The SMILES string of the molecule is COc1cc(C)c(Br)c2c1C(C)(C)C[C@H]2N. The molecule has 3 heteroatoms. The number of ether oxygens (including phenoxy) is 1. The average molecular weight is 284 g/mol. The van der Waals surface area contributed by atoms with Gasteiger partial charge in [-0.1, -0.05) is 29.8 Å². The standard InChI is InChI=1S/C13H18BrNO/c1-7-5-9(16-4)11-10(12(7)14)8(15)6-13(11,2)3/h5,8H,6,15H2,1-4H3/t8-/m1/s1. The van der Waals surface area contributed by atoms with Crippen LogP contribution in [0.25, 0.3) is 0 Å². The van der Waals surface area contributed by atoms with E-state index in [2.05, 4.69) is 42.8 Å². The summed E-state index contributed by atoms with van der Waals surface area (Å²) in [5.41, 5.74) is 10.00. The highest BCUT2D eigenvalue weighted by molar-refractivity contribution is 9.10. The highest BCUT2D eigenvalue weighted by atomic mass is 79.9. The van der Waals surface area contributed by atoms with E-state index in [0.717, 1.165) is 16.6 Å². The number of hydrogen-bond acceptors (Lipinski definition) is 2. The van der Waals surface area contributed by atoms with Crippen molar-refractivity contribution in [2.45, 2.75) is 38.6 Å². The molecule has 1 aliphatic carbocycles. The van der Waals surface area contributed by atoms with Gasteiger partial charge < -0.3 is 10.5 Å². The van der Waals surface area contributed by atoms with Crippen LogP contribution in [0, 0.1) is 6.92 Å². The fourth-order valence-corrected chi connectivity index (χ4v) is 3.35. The van der Waals surface area contributed by atoms with Crippen molar-refractivity contribution >= 4 is 15.9 Å². The predicted molar refractivity (Wildman–Crippen MR) is 70.0 cm³/mol. The Labute approximate surface area is 105 Å². The molecule has 16 heavy (non-hydrogen) atoms. The van der Waals surface area contributed by atoms with Crippen LogP contribution in [0.3, 0.4) is 0 Å². The minimum atomic E-state index is 0.0936. The molecule has 0 spiro atoms.